The van der Waals surface area contributed by atoms with Gasteiger partial charge in [-0.15, -0.1) is 0 Å². The molecule has 0 aliphatic heterocycles. The summed E-state index contributed by atoms with van der Waals surface area (Å²) in [6.45, 7) is 0. The number of thioether (sulfide) groups is 1. The summed E-state index contributed by atoms with van der Waals surface area (Å²) >= 11 is 1.59. The van der Waals surface area contributed by atoms with Crippen LogP contribution in [-0.4, -0.2) is 14.5 Å². The molecule has 0 fully saturated rings. The highest BCUT2D eigenvalue weighted by atomic mass is 32.2. The molecule has 0 aliphatic rings. The Morgan fingerprint density at radius 1 is 1.44 bits per heavy atom. The van der Waals surface area contributed by atoms with E-state index in [0.29, 0.717) is 17.3 Å². The monoisotopic (exact) mass is 260 g/mol. The number of hydrogen-bond donors (Lipinski definition) is 1. The number of hydrogen-bond acceptors (Lipinski definition) is 5. The molecule has 2 heterocycles. The molecule has 0 radical (unpaired) electrons. The maximum absolute atomic E-state index is 5.70. The van der Waals surface area contributed by atoms with Crippen molar-refractivity contribution in [2.75, 3.05) is 5.73 Å². The number of nitrogens with zero attached hydrogens (tertiary/aromatic N) is 3. The molecule has 0 unspecified atom stereocenters. The molecule has 6 heteroatoms. The van der Waals surface area contributed by atoms with Crippen molar-refractivity contribution in [1.82, 2.24) is 14.5 Å². The van der Waals surface area contributed by atoms with Crippen molar-refractivity contribution in [3.05, 3.63) is 36.5 Å². The lowest BCUT2D eigenvalue weighted by Crippen LogP contribution is -1.89. The second-order valence-corrected chi connectivity index (χ2v) is 4.89. The van der Waals surface area contributed by atoms with Crippen LogP contribution in [0.15, 0.2) is 40.2 Å². The summed E-state index contributed by atoms with van der Waals surface area (Å²) in [5.74, 6) is 1.34. The van der Waals surface area contributed by atoms with Crippen molar-refractivity contribution in [3.8, 4) is 0 Å². The number of rotatable bonds is 3. The van der Waals surface area contributed by atoms with E-state index in [-0.39, 0.29) is 0 Å². The van der Waals surface area contributed by atoms with Gasteiger partial charge in [-0.05, 0) is 18.2 Å². The fraction of sp³-hybridized carbons (Fsp3) is 0.167. The lowest BCUT2D eigenvalue weighted by atomic mass is 10.3. The number of benzene rings is 1. The van der Waals surface area contributed by atoms with E-state index >= 15 is 0 Å². The van der Waals surface area contributed by atoms with E-state index in [1.165, 1.54) is 0 Å². The number of oxazole rings is 1. The minimum absolute atomic E-state index is 0.652. The molecule has 0 saturated heterocycles. The Labute approximate surface area is 108 Å². The number of fused-ring (bicyclic) bond motifs is 1. The van der Waals surface area contributed by atoms with Crippen molar-refractivity contribution in [2.24, 2.45) is 7.05 Å². The number of aromatic nitrogens is 3. The highest BCUT2D eigenvalue weighted by Gasteiger charge is 2.08. The van der Waals surface area contributed by atoms with Crippen LogP contribution < -0.4 is 5.73 Å². The fourth-order valence-corrected chi connectivity index (χ4v) is 2.45. The summed E-state index contributed by atoms with van der Waals surface area (Å²) in [6, 6.07) is 5.46. The second kappa shape index (κ2) is 4.38. The molecule has 0 atom stereocenters. The Kier molecular flexibility index (Phi) is 2.71. The molecule has 0 aliphatic carbocycles. The smallest absolute Gasteiger partial charge is 0.205 e. The van der Waals surface area contributed by atoms with Gasteiger partial charge in [0.2, 0.25) is 5.89 Å². The van der Waals surface area contributed by atoms with Crippen LogP contribution in [0.25, 0.3) is 11.1 Å². The highest BCUT2D eigenvalue weighted by molar-refractivity contribution is 7.98. The van der Waals surface area contributed by atoms with Gasteiger partial charge < -0.3 is 14.7 Å². The third-order valence-corrected chi connectivity index (χ3v) is 3.60. The summed E-state index contributed by atoms with van der Waals surface area (Å²) in [5, 5.41) is 0.941. The Balaban J connectivity index is 1.81. The van der Waals surface area contributed by atoms with Gasteiger partial charge >= 0.3 is 0 Å². The van der Waals surface area contributed by atoms with Crippen molar-refractivity contribution in [3.63, 3.8) is 0 Å². The third kappa shape index (κ3) is 2.06. The van der Waals surface area contributed by atoms with E-state index < -0.39 is 0 Å². The van der Waals surface area contributed by atoms with Gasteiger partial charge in [-0.3, -0.25) is 0 Å². The SMILES string of the molecule is Cn1ccnc1SCc1nc2cc(N)ccc2o1. The van der Waals surface area contributed by atoms with E-state index in [0.717, 1.165) is 16.3 Å². The van der Waals surface area contributed by atoms with E-state index in [9.17, 15) is 0 Å². The molecule has 2 N–H and O–H groups in total. The second-order valence-electron chi connectivity index (χ2n) is 3.94. The Morgan fingerprint density at radius 3 is 3.11 bits per heavy atom. The predicted octanol–water partition coefficient (Wildman–Crippen LogP) is 2.44. The Bertz CT molecular complexity index is 688. The Morgan fingerprint density at radius 2 is 2.33 bits per heavy atom. The van der Waals surface area contributed by atoms with Crippen LogP contribution in [0.2, 0.25) is 0 Å². The number of anilines is 1. The molecule has 1 aromatic carbocycles. The summed E-state index contributed by atoms with van der Waals surface area (Å²) in [5.41, 5.74) is 7.96. The van der Waals surface area contributed by atoms with Crippen LogP contribution >= 0.6 is 11.8 Å². The first-order valence-electron chi connectivity index (χ1n) is 5.47. The average molecular weight is 260 g/mol. The van der Waals surface area contributed by atoms with Gasteiger partial charge in [0.15, 0.2) is 10.7 Å². The van der Waals surface area contributed by atoms with E-state index in [4.69, 9.17) is 10.2 Å². The molecule has 18 heavy (non-hydrogen) atoms. The first-order chi connectivity index (χ1) is 8.72. The van der Waals surface area contributed by atoms with Crippen LogP contribution in [-0.2, 0) is 12.8 Å². The molecule has 0 saturated carbocycles. The standard InChI is InChI=1S/C12H12N4OS/c1-16-5-4-14-12(16)18-7-11-15-9-6-8(13)2-3-10(9)17-11/h2-6H,7,13H2,1H3. The van der Waals surface area contributed by atoms with Crippen LogP contribution in [0.3, 0.4) is 0 Å². The molecule has 0 amide bonds. The zero-order valence-electron chi connectivity index (χ0n) is 9.83. The minimum atomic E-state index is 0.652. The first kappa shape index (κ1) is 11.2. The summed E-state index contributed by atoms with van der Waals surface area (Å²) in [7, 11) is 1.96. The predicted molar refractivity (Wildman–Crippen MR) is 71.2 cm³/mol. The van der Waals surface area contributed by atoms with Crippen LogP contribution in [0, 0.1) is 0 Å². The van der Waals surface area contributed by atoms with Gasteiger partial charge in [0.1, 0.15) is 5.52 Å². The number of imidazole rings is 1. The van der Waals surface area contributed by atoms with Crippen molar-refractivity contribution in [1.29, 1.82) is 0 Å². The molecule has 5 nitrogen and oxygen atoms in total. The summed E-state index contributed by atoms with van der Waals surface area (Å²) < 4.78 is 7.60. The quantitative estimate of drug-likeness (QED) is 0.578. The number of aryl methyl sites for hydroxylation is 1. The zero-order valence-corrected chi connectivity index (χ0v) is 10.6. The summed E-state index contributed by atoms with van der Waals surface area (Å²) in [4.78, 5) is 8.63. The largest absolute Gasteiger partial charge is 0.440 e. The normalized spacial score (nSPS) is 11.2. The highest BCUT2D eigenvalue weighted by Crippen LogP contribution is 2.24. The molecular formula is C12H12N4OS. The first-order valence-corrected chi connectivity index (χ1v) is 6.46. The topological polar surface area (TPSA) is 69.9 Å². The molecule has 2 aromatic heterocycles. The van der Waals surface area contributed by atoms with Crippen LogP contribution in [0.4, 0.5) is 5.69 Å². The summed E-state index contributed by atoms with van der Waals surface area (Å²) in [6.07, 6.45) is 3.68. The van der Waals surface area contributed by atoms with Crippen LogP contribution in [0.1, 0.15) is 5.89 Å². The zero-order chi connectivity index (χ0) is 12.5. The van der Waals surface area contributed by atoms with Gasteiger partial charge in [-0.1, -0.05) is 11.8 Å². The van der Waals surface area contributed by atoms with Gasteiger partial charge in [0, 0.05) is 25.1 Å². The maximum atomic E-state index is 5.70. The minimum Gasteiger partial charge on any atom is -0.440 e. The van der Waals surface area contributed by atoms with E-state index in [1.807, 2.05) is 36.0 Å². The molecule has 0 spiro atoms. The third-order valence-electron chi connectivity index (χ3n) is 2.56. The maximum Gasteiger partial charge on any atom is 0.205 e. The number of nitrogens with two attached hydrogens (primary N) is 1. The van der Waals surface area contributed by atoms with Gasteiger partial charge in [0.05, 0.1) is 5.75 Å². The lowest BCUT2D eigenvalue weighted by molar-refractivity contribution is 0.555. The molecule has 0 bridgehead atoms. The van der Waals surface area contributed by atoms with Gasteiger partial charge in [-0.25, -0.2) is 9.97 Å². The molecule has 3 aromatic rings. The molecule has 3 rings (SSSR count). The van der Waals surface area contributed by atoms with Crippen molar-refractivity contribution < 1.29 is 4.42 Å². The fourth-order valence-electron chi connectivity index (χ4n) is 1.67. The van der Waals surface area contributed by atoms with Crippen molar-refractivity contribution in [2.45, 2.75) is 10.9 Å². The number of nitrogen functional groups attached to an aromatic ring is 1. The van der Waals surface area contributed by atoms with Crippen LogP contribution in [0.5, 0.6) is 0 Å². The Hall–Kier alpha value is -1.95. The average Bonchev–Trinajstić information content (AvgIpc) is 2.92. The molecular weight excluding hydrogens is 248 g/mol. The lowest BCUT2D eigenvalue weighted by Gasteiger charge is -1.97. The van der Waals surface area contributed by atoms with Crippen molar-refractivity contribution >= 4 is 28.5 Å². The van der Waals surface area contributed by atoms with Gasteiger partial charge in [0.25, 0.3) is 0 Å². The van der Waals surface area contributed by atoms with Gasteiger partial charge in [-0.2, -0.15) is 0 Å². The molecule has 92 valence electrons. The van der Waals surface area contributed by atoms with E-state index in [1.54, 1.807) is 18.0 Å². The van der Waals surface area contributed by atoms with E-state index in [2.05, 4.69) is 9.97 Å².